The van der Waals surface area contributed by atoms with Crippen LogP contribution in [0, 0.1) is 28.1 Å². The molecule has 5 aliphatic rings. The maximum atomic E-state index is 15.6. The SMILES string of the molecule is C[C@]12C=CC(=O)C=C1[C@H](F)CC1[C@@H]3C(O)CC(CC(=O)O)(C(=O)C(O)CC(=O)O)[C@@]3(C)CC3OC312. The summed E-state index contributed by atoms with van der Waals surface area (Å²) in [5.41, 5.74) is -4.48. The Bertz CT molecular complexity index is 1100. The average Bonchev–Trinajstić information content (AvgIpc) is 3.42. The van der Waals surface area contributed by atoms with Crippen LogP contribution in [0.1, 0.15) is 46.0 Å². The summed E-state index contributed by atoms with van der Waals surface area (Å²) in [4.78, 5) is 48.7. The highest BCUT2D eigenvalue weighted by atomic mass is 19.1. The lowest BCUT2D eigenvalue weighted by atomic mass is 9.44. The molecule has 5 rings (SSSR count). The molecule has 0 bridgehead atoms. The molecule has 1 heterocycles. The van der Waals surface area contributed by atoms with Gasteiger partial charge >= 0.3 is 11.9 Å². The average molecular weight is 492 g/mol. The number of aliphatic hydroxyl groups is 2. The number of ether oxygens (including phenoxy) is 1. The van der Waals surface area contributed by atoms with Gasteiger partial charge in [-0.25, -0.2) is 4.39 Å². The number of fused-ring (bicyclic) bond motifs is 3. The van der Waals surface area contributed by atoms with Crippen LogP contribution in [0.4, 0.5) is 4.39 Å². The zero-order valence-corrected chi connectivity index (χ0v) is 19.4. The Labute approximate surface area is 200 Å². The lowest BCUT2D eigenvalue weighted by molar-refractivity contribution is -0.161. The molecule has 0 aromatic rings. The molecule has 1 saturated heterocycles. The molecule has 4 N–H and O–H groups in total. The van der Waals surface area contributed by atoms with E-state index >= 15 is 4.39 Å². The molecule has 0 radical (unpaired) electrons. The van der Waals surface area contributed by atoms with Gasteiger partial charge in [0.25, 0.3) is 0 Å². The molecule has 3 saturated carbocycles. The van der Waals surface area contributed by atoms with Crippen LogP contribution in [0.3, 0.4) is 0 Å². The minimum absolute atomic E-state index is 0.0641. The number of halogens is 1. The molecule has 10 heteroatoms. The Morgan fingerprint density at radius 2 is 1.89 bits per heavy atom. The summed E-state index contributed by atoms with van der Waals surface area (Å²) in [5, 5.41) is 40.6. The maximum Gasteiger partial charge on any atom is 0.306 e. The van der Waals surface area contributed by atoms with Crippen molar-refractivity contribution >= 4 is 23.5 Å². The lowest BCUT2D eigenvalue weighted by Crippen LogP contribution is -2.62. The highest BCUT2D eigenvalue weighted by Crippen LogP contribution is 2.78. The molecule has 35 heavy (non-hydrogen) atoms. The lowest BCUT2D eigenvalue weighted by Gasteiger charge is -2.57. The molecule has 190 valence electrons. The number of hydrogen-bond acceptors (Lipinski definition) is 7. The fourth-order valence-corrected chi connectivity index (χ4v) is 8.44. The maximum absolute atomic E-state index is 15.6. The van der Waals surface area contributed by atoms with Crippen LogP contribution in [0.15, 0.2) is 23.8 Å². The summed E-state index contributed by atoms with van der Waals surface area (Å²) in [6.07, 6.45) is -2.54. The van der Waals surface area contributed by atoms with Gasteiger partial charge in [-0.3, -0.25) is 19.2 Å². The molecule has 10 atom stereocenters. The molecule has 1 aliphatic heterocycles. The van der Waals surface area contributed by atoms with Crippen LogP contribution in [0.25, 0.3) is 0 Å². The molecule has 0 aromatic carbocycles. The van der Waals surface area contributed by atoms with Gasteiger partial charge in [0.05, 0.1) is 30.5 Å². The number of rotatable bonds is 6. The summed E-state index contributed by atoms with van der Waals surface area (Å²) in [6, 6.07) is 0. The van der Waals surface area contributed by atoms with Gasteiger partial charge in [0.15, 0.2) is 11.6 Å². The number of carboxylic acid groups (broad SMARTS) is 2. The van der Waals surface area contributed by atoms with Crippen molar-refractivity contribution in [2.75, 3.05) is 0 Å². The number of alkyl halides is 1. The van der Waals surface area contributed by atoms with Crippen molar-refractivity contribution in [3.8, 4) is 0 Å². The molecule has 4 aliphatic carbocycles. The number of epoxide rings is 1. The first-order chi connectivity index (χ1) is 16.2. The van der Waals surface area contributed by atoms with E-state index in [0.717, 1.165) is 0 Å². The van der Waals surface area contributed by atoms with Gasteiger partial charge in [0, 0.05) is 11.3 Å². The zero-order chi connectivity index (χ0) is 25.7. The van der Waals surface area contributed by atoms with Gasteiger partial charge in [0.2, 0.25) is 0 Å². The van der Waals surface area contributed by atoms with E-state index in [9.17, 15) is 34.5 Å². The summed E-state index contributed by atoms with van der Waals surface area (Å²) in [7, 11) is 0. The van der Waals surface area contributed by atoms with Gasteiger partial charge in [0.1, 0.15) is 17.9 Å². The van der Waals surface area contributed by atoms with Crippen LogP contribution >= 0.6 is 0 Å². The van der Waals surface area contributed by atoms with Crippen molar-refractivity contribution in [2.45, 2.75) is 76.0 Å². The Hall–Kier alpha value is -2.43. The van der Waals surface area contributed by atoms with Gasteiger partial charge in [-0.05, 0) is 55.2 Å². The Kier molecular flexibility index (Phi) is 5.06. The van der Waals surface area contributed by atoms with Gasteiger partial charge in [-0.15, -0.1) is 0 Å². The van der Waals surface area contributed by atoms with Crippen LogP contribution in [-0.4, -0.2) is 74.0 Å². The second-order valence-electron chi connectivity index (χ2n) is 11.3. The minimum atomic E-state index is -1.94. The number of aliphatic hydroxyl groups excluding tert-OH is 2. The van der Waals surface area contributed by atoms with Crippen LogP contribution in [0.5, 0.6) is 0 Å². The van der Waals surface area contributed by atoms with E-state index in [0.29, 0.717) is 5.57 Å². The molecule has 9 nitrogen and oxygen atoms in total. The van der Waals surface area contributed by atoms with E-state index in [1.54, 1.807) is 19.9 Å². The van der Waals surface area contributed by atoms with E-state index in [1.807, 2.05) is 0 Å². The zero-order valence-electron chi connectivity index (χ0n) is 19.4. The molecule has 1 spiro atoms. The minimum Gasteiger partial charge on any atom is -0.481 e. The number of ketones is 2. The van der Waals surface area contributed by atoms with E-state index in [4.69, 9.17) is 9.84 Å². The van der Waals surface area contributed by atoms with E-state index in [2.05, 4.69) is 0 Å². The number of carbonyl (C=O) groups excluding carboxylic acids is 2. The largest absolute Gasteiger partial charge is 0.481 e. The fraction of sp³-hybridized carbons (Fsp3) is 0.680. The van der Waals surface area contributed by atoms with Crippen molar-refractivity contribution in [1.82, 2.24) is 0 Å². The van der Waals surface area contributed by atoms with Gasteiger partial charge in [-0.1, -0.05) is 13.0 Å². The third kappa shape index (κ3) is 2.90. The third-order valence-electron chi connectivity index (χ3n) is 9.84. The number of aliphatic carboxylic acids is 2. The molecule has 0 aromatic heterocycles. The highest BCUT2D eigenvalue weighted by Gasteiger charge is 2.83. The third-order valence-corrected chi connectivity index (χ3v) is 9.84. The van der Waals surface area contributed by atoms with Crippen LogP contribution in [0.2, 0.25) is 0 Å². The highest BCUT2D eigenvalue weighted by molar-refractivity contribution is 6.01. The normalized spacial score (nSPS) is 48.1. The molecular formula is C25H29FO9. The smallest absolute Gasteiger partial charge is 0.306 e. The first-order valence-corrected chi connectivity index (χ1v) is 11.8. The van der Waals surface area contributed by atoms with Crippen LogP contribution < -0.4 is 0 Å². The topological polar surface area (TPSA) is 162 Å². The molecule has 4 fully saturated rings. The van der Waals surface area contributed by atoms with Gasteiger partial charge in [-0.2, -0.15) is 0 Å². The Morgan fingerprint density at radius 3 is 2.51 bits per heavy atom. The summed E-state index contributed by atoms with van der Waals surface area (Å²) in [5.74, 6) is -5.29. The number of carbonyl (C=O) groups is 4. The molecule has 0 amide bonds. The standard InChI is InChI=1S/C25H29FO9/c1-22-4-3-11(27)5-12(22)14(26)6-13-20-16(29)8-24(10-19(32)33,21(34)15(28)7-18(30)31)23(20,2)9-17-25(13,22)35-17/h3-5,13-17,20,28-29H,6-10H2,1-2H3,(H,30,31)(H,32,33)/t13?,14-,15?,16?,17?,20-,22+,23+,24?,25?/m1/s1. The first-order valence-electron chi connectivity index (χ1n) is 11.8. The first kappa shape index (κ1) is 24.3. The monoisotopic (exact) mass is 492 g/mol. The Morgan fingerprint density at radius 1 is 1.20 bits per heavy atom. The quantitative estimate of drug-likeness (QED) is 0.399. The summed E-state index contributed by atoms with van der Waals surface area (Å²) < 4.78 is 21.9. The second kappa shape index (κ2) is 7.30. The molecule has 6 unspecified atom stereocenters. The van der Waals surface area contributed by atoms with Crippen molar-refractivity contribution < 1.29 is 48.7 Å². The molecular weight excluding hydrogens is 463 g/mol. The van der Waals surface area contributed by atoms with E-state index < -0.39 is 88.7 Å². The van der Waals surface area contributed by atoms with Crippen LogP contribution in [-0.2, 0) is 23.9 Å². The Balaban J connectivity index is 1.61. The number of allylic oxidation sites excluding steroid dienone is 2. The number of carboxylic acids is 2. The van der Waals surface area contributed by atoms with Gasteiger partial charge < -0.3 is 25.2 Å². The fourth-order valence-electron chi connectivity index (χ4n) is 8.44. The predicted molar refractivity (Wildman–Crippen MR) is 116 cm³/mol. The second-order valence-corrected chi connectivity index (χ2v) is 11.3. The summed E-state index contributed by atoms with van der Waals surface area (Å²) >= 11 is 0. The summed E-state index contributed by atoms with van der Waals surface area (Å²) in [6.45, 7) is 3.48. The van der Waals surface area contributed by atoms with E-state index in [1.165, 1.54) is 12.2 Å². The number of Topliss-reactive ketones (excluding diaryl/α,β-unsaturated/α-hetero) is 1. The van der Waals surface area contributed by atoms with Crippen molar-refractivity contribution in [2.24, 2.45) is 28.1 Å². The van der Waals surface area contributed by atoms with E-state index in [-0.39, 0.29) is 25.0 Å². The predicted octanol–water partition coefficient (Wildman–Crippen LogP) is 1.21. The number of hydrogen-bond donors (Lipinski definition) is 4. The van der Waals surface area contributed by atoms with Crippen molar-refractivity contribution in [3.63, 3.8) is 0 Å². The van der Waals surface area contributed by atoms with Crippen molar-refractivity contribution in [1.29, 1.82) is 0 Å². The van der Waals surface area contributed by atoms with Crippen molar-refractivity contribution in [3.05, 3.63) is 23.8 Å².